The van der Waals surface area contributed by atoms with Gasteiger partial charge in [0, 0.05) is 42.8 Å². The van der Waals surface area contributed by atoms with Crippen LogP contribution in [0.25, 0.3) is 22.5 Å². The lowest BCUT2D eigenvalue weighted by Gasteiger charge is -2.16. The van der Waals surface area contributed by atoms with Crippen molar-refractivity contribution >= 4 is 23.3 Å². The number of allylic oxidation sites excluding steroid dienone is 1. The van der Waals surface area contributed by atoms with Crippen molar-refractivity contribution in [2.75, 3.05) is 14.2 Å². The van der Waals surface area contributed by atoms with E-state index in [0.29, 0.717) is 22.5 Å². The second kappa shape index (κ2) is 9.27. The van der Waals surface area contributed by atoms with Crippen molar-refractivity contribution < 1.29 is 23.0 Å². The third kappa shape index (κ3) is 4.64. The van der Waals surface area contributed by atoms with Gasteiger partial charge in [0.2, 0.25) is 0 Å². The molecule has 2 heterocycles. The smallest absolute Gasteiger partial charge is 0.387 e. The summed E-state index contributed by atoms with van der Waals surface area (Å²) >= 11 is 0. The van der Waals surface area contributed by atoms with Gasteiger partial charge in [-0.3, -0.25) is 9.20 Å². The number of nitrogens with one attached hydrogen (secondary N) is 3. The van der Waals surface area contributed by atoms with Crippen molar-refractivity contribution in [3.05, 3.63) is 54.0 Å². The molecule has 1 aliphatic carbocycles. The fourth-order valence-corrected chi connectivity index (χ4v) is 3.53. The highest BCUT2D eigenvalue weighted by Crippen LogP contribution is 2.37. The molecule has 1 fully saturated rings. The first-order valence-electron chi connectivity index (χ1n) is 10.3. The van der Waals surface area contributed by atoms with Gasteiger partial charge in [-0.1, -0.05) is 0 Å². The molecule has 10 heteroatoms. The van der Waals surface area contributed by atoms with Gasteiger partial charge in [0.05, 0.1) is 19.0 Å². The number of alkyl halides is 2. The molecule has 1 aliphatic rings. The SMILES string of the molecule is CN/C=C(\C=N)c1ccn2c(-c3cc(OC)c(C(=O)NC4CC4)c(OC(F)F)c3)cnc2c1. The van der Waals surface area contributed by atoms with Crippen LogP contribution in [0.15, 0.2) is 42.9 Å². The van der Waals surface area contributed by atoms with Gasteiger partial charge < -0.3 is 25.5 Å². The van der Waals surface area contributed by atoms with E-state index in [1.165, 1.54) is 19.4 Å². The maximum absolute atomic E-state index is 13.2. The minimum atomic E-state index is -3.11. The second-order valence-corrected chi connectivity index (χ2v) is 7.50. The number of hydrogen-bond acceptors (Lipinski definition) is 6. The molecule has 4 rings (SSSR count). The summed E-state index contributed by atoms with van der Waals surface area (Å²) in [5.41, 5.74) is 3.07. The number of rotatable bonds is 9. The van der Waals surface area contributed by atoms with Gasteiger partial charge in [-0.05, 0) is 42.7 Å². The summed E-state index contributed by atoms with van der Waals surface area (Å²) in [6.45, 7) is -3.11. The number of ether oxygens (including phenoxy) is 2. The van der Waals surface area contributed by atoms with Gasteiger partial charge in [-0.15, -0.1) is 0 Å². The van der Waals surface area contributed by atoms with Crippen LogP contribution in [-0.4, -0.2) is 48.3 Å². The quantitative estimate of drug-likeness (QED) is 0.427. The number of fused-ring (bicyclic) bond motifs is 1. The Balaban J connectivity index is 1.80. The van der Waals surface area contributed by atoms with E-state index in [2.05, 4.69) is 15.6 Å². The summed E-state index contributed by atoms with van der Waals surface area (Å²) in [5.74, 6) is -0.669. The molecule has 0 saturated heterocycles. The summed E-state index contributed by atoms with van der Waals surface area (Å²) < 4.78 is 38.2. The zero-order chi connectivity index (χ0) is 23.5. The van der Waals surface area contributed by atoms with Gasteiger partial charge in [-0.2, -0.15) is 8.78 Å². The van der Waals surface area contributed by atoms with Crippen LogP contribution < -0.4 is 20.1 Å². The normalized spacial score (nSPS) is 13.8. The maximum Gasteiger partial charge on any atom is 0.387 e. The van der Waals surface area contributed by atoms with Gasteiger partial charge >= 0.3 is 6.61 Å². The molecular weight excluding hydrogens is 432 g/mol. The minimum absolute atomic E-state index is 0.0389. The molecule has 8 nitrogen and oxygen atoms in total. The van der Waals surface area contributed by atoms with Crippen LogP contribution in [0, 0.1) is 5.41 Å². The van der Waals surface area contributed by atoms with E-state index >= 15 is 0 Å². The molecule has 33 heavy (non-hydrogen) atoms. The summed E-state index contributed by atoms with van der Waals surface area (Å²) in [7, 11) is 3.11. The Labute approximate surface area is 188 Å². The number of amides is 1. The first-order chi connectivity index (χ1) is 15.9. The minimum Gasteiger partial charge on any atom is -0.496 e. The monoisotopic (exact) mass is 455 g/mol. The van der Waals surface area contributed by atoms with Crippen molar-refractivity contribution in [2.45, 2.75) is 25.5 Å². The number of hydrogen-bond donors (Lipinski definition) is 3. The third-order valence-electron chi connectivity index (χ3n) is 5.24. The molecule has 1 aromatic carbocycles. The average Bonchev–Trinajstić information content (AvgIpc) is 3.51. The Bertz CT molecular complexity index is 1230. The number of nitrogens with zero attached hydrogens (tertiary/aromatic N) is 2. The van der Waals surface area contributed by atoms with E-state index in [-0.39, 0.29) is 23.1 Å². The number of pyridine rings is 1. The zero-order valence-corrected chi connectivity index (χ0v) is 18.1. The van der Waals surface area contributed by atoms with Crippen molar-refractivity contribution in [1.82, 2.24) is 20.0 Å². The number of methoxy groups -OCH3 is 1. The van der Waals surface area contributed by atoms with E-state index in [1.54, 1.807) is 36.1 Å². The van der Waals surface area contributed by atoms with E-state index in [4.69, 9.17) is 14.9 Å². The molecule has 3 aromatic rings. The van der Waals surface area contributed by atoms with Crippen molar-refractivity contribution in [2.24, 2.45) is 0 Å². The Morgan fingerprint density at radius 1 is 1.30 bits per heavy atom. The molecule has 2 aromatic heterocycles. The first kappa shape index (κ1) is 22.3. The number of halogens is 2. The summed E-state index contributed by atoms with van der Waals surface area (Å²) in [6.07, 6.45) is 8.00. The van der Waals surface area contributed by atoms with E-state index < -0.39 is 12.5 Å². The maximum atomic E-state index is 13.2. The lowest BCUT2D eigenvalue weighted by atomic mass is 10.1. The number of aromatic nitrogens is 2. The number of carbonyl (C=O) groups excluding carboxylic acids is 1. The van der Waals surface area contributed by atoms with Crippen molar-refractivity contribution in [3.8, 4) is 22.8 Å². The summed E-state index contributed by atoms with van der Waals surface area (Å²) in [4.78, 5) is 17.1. The molecule has 0 radical (unpaired) electrons. The van der Waals surface area contributed by atoms with Crippen LogP contribution >= 0.6 is 0 Å². The molecule has 0 atom stereocenters. The van der Waals surface area contributed by atoms with E-state index in [9.17, 15) is 13.6 Å². The highest BCUT2D eigenvalue weighted by atomic mass is 19.3. The Morgan fingerprint density at radius 3 is 2.70 bits per heavy atom. The number of carbonyl (C=O) groups is 1. The summed E-state index contributed by atoms with van der Waals surface area (Å²) in [5, 5.41) is 13.3. The van der Waals surface area contributed by atoms with Crippen LogP contribution in [0.4, 0.5) is 8.78 Å². The predicted octanol–water partition coefficient (Wildman–Crippen LogP) is 3.71. The highest BCUT2D eigenvalue weighted by molar-refractivity contribution is 6.08. The largest absolute Gasteiger partial charge is 0.496 e. The molecular formula is C23H23F2N5O3. The Kier molecular flexibility index (Phi) is 6.25. The molecule has 0 bridgehead atoms. The lowest BCUT2D eigenvalue weighted by Crippen LogP contribution is -2.26. The molecule has 3 N–H and O–H groups in total. The second-order valence-electron chi connectivity index (χ2n) is 7.50. The topological polar surface area (TPSA) is 101 Å². The Hall–Kier alpha value is -3.95. The highest BCUT2D eigenvalue weighted by Gasteiger charge is 2.29. The van der Waals surface area contributed by atoms with Gasteiger partial charge in [-0.25, -0.2) is 4.98 Å². The van der Waals surface area contributed by atoms with Crippen molar-refractivity contribution in [1.29, 1.82) is 5.41 Å². The van der Waals surface area contributed by atoms with Crippen LogP contribution in [0.1, 0.15) is 28.8 Å². The molecule has 1 saturated carbocycles. The fourth-order valence-electron chi connectivity index (χ4n) is 3.53. The third-order valence-corrected chi connectivity index (χ3v) is 5.24. The molecule has 172 valence electrons. The molecule has 0 unspecified atom stereocenters. The van der Waals surface area contributed by atoms with Gasteiger partial charge in [0.25, 0.3) is 5.91 Å². The molecule has 1 amide bonds. The number of imidazole rings is 1. The fraction of sp³-hybridized carbons (Fsp3) is 0.261. The lowest BCUT2D eigenvalue weighted by molar-refractivity contribution is -0.0502. The van der Waals surface area contributed by atoms with E-state index in [0.717, 1.165) is 18.4 Å². The summed E-state index contributed by atoms with van der Waals surface area (Å²) in [6, 6.07) is 6.65. The molecule has 0 spiro atoms. The zero-order valence-electron chi connectivity index (χ0n) is 18.1. The van der Waals surface area contributed by atoms with Crippen molar-refractivity contribution in [3.63, 3.8) is 0 Å². The predicted molar refractivity (Wildman–Crippen MR) is 120 cm³/mol. The number of benzene rings is 1. The average molecular weight is 455 g/mol. The van der Waals surface area contributed by atoms with Gasteiger partial charge in [0.15, 0.2) is 0 Å². The molecule has 0 aliphatic heterocycles. The van der Waals surface area contributed by atoms with E-state index in [1.807, 2.05) is 12.1 Å². The van der Waals surface area contributed by atoms with Gasteiger partial charge in [0.1, 0.15) is 22.7 Å². The van der Waals surface area contributed by atoms with Crippen LogP contribution in [0.3, 0.4) is 0 Å². The Morgan fingerprint density at radius 2 is 2.06 bits per heavy atom. The van der Waals surface area contributed by atoms with Crippen LogP contribution in [0.2, 0.25) is 0 Å². The standard InChI is InChI=1S/C23H23F2N5O3/c1-27-11-15(10-26)13-5-6-30-17(12-28-20(30)9-13)14-7-18(32-2)21(19(8-14)33-23(24)25)22(31)29-16-3-4-16/h5-12,16,23,26-27H,3-4H2,1-2H3,(H,29,31)/b15-11+,26-10?. The van der Waals surface area contributed by atoms with Crippen LogP contribution in [-0.2, 0) is 0 Å². The van der Waals surface area contributed by atoms with Crippen LogP contribution in [0.5, 0.6) is 11.5 Å². The first-order valence-corrected chi connectivity index (χ1v) is 10.3.